The van der Waals surface area contributed by atoms with Crippen molar-refractivity contribution in [1.82, 2.24) is 0 Å². The van der Waals surface area contributed by atoms with Crippen molar-refractivity contribution in [2.24, 2.45) is 0 Å². The second-order valence-electron chi connectivity index (χ2n) is 13.8. The van der Waals surface area contributed by atoms with E-state index in [9.17, 15) is 0 Å². The minimum absolute atomic E-state index is 0.121. The molecule has 0 N–H and O–H groups in total. The fourth-order valence-corrected chi connectivity index (χ4v) is 8.72. The molecule has 0 aromatic heterocycles. The summed E-state index contributed by atoms with van der Waals surface area (Å²) in [4.78, 5) is 2.41. The SMILES string of the molecule is CC1(C)c2ccc3ccccc3c2-c2c1c1ccc(N(c3ccccc3)c3ccc([Si](C)(C)C)cc3)cc1c1ccccc21. The van der Waals surface area contributed by atoms with Gasteiger partial charge in [0.05, 0.1) is 8.07 Å². The third kappa shape index (κ3) is 3.98. The lowest BCUT2D eigenvalue weighted by atomic mass is 9.79. The van der Waals surface area contributed by atoms with Crippen LogP contribution in [-0.2, 0) is 5.41 Å². The van der Waals surface area contributed by atoms with Crippen LogP contribution < -0.4 is 10.1 Å². The van der Waals surface area contributed by atoms with E-state index in [1.807, 2.05) is 0 Å². The van der Waals surface area contributed by atoms with E-state index in [-0.39, 0.29) is 5.41 Å². The second kappa shape index (κ2) is 9.67. The van der Waals surface area contributed by atoms with Gasteiger partial charge in [0.25, 0.3) is 0 Å². The summed E-state index contributed by atoms with van der Waals surface area (Å²) in [6.45, 7) is 12.0. The molecule has 0 radical (unpaired) electrons. The van der Waals surface area contributed by atoms with E-state index in [2.05, 4.69) is 172 Å². The van der Waals surface area contributed by atoms with Gasteiger partial charge in [0.1, 0.15) is 0 Å². The third-order valence-electron chi connectivity index (χ3n) is 9.75. The van der Waals surface area contributed by atoms with Crippen molar-refractivity contribution in [2.75, 3.05) is 4.90 Å². The predicted molar refractivity (Wildman–Crippen MR) is 194 cm³/mol. The van der Waals surface area contributed by atoms with Gasteiger partial charge < -0.3 is 4.90 Å². The molecule has 8 rings (SSSR count). The molecule has 0 bridgehead atoms. The molecule has 1 aliphatic rings. The van der Waals surface area contributed by atoms with Crippen LogP contribution in [0.1, 0.15) is 25.0 Å². The molecule has 0 atom stereocenters. The Morgan fingerprint density at radius 2 is 1.09 bits per heavy atom. The van der Waals surface area contributed by atoms with Gasteiger partial charge in [-0.05, 0) is 91.0 Å². The van der Waals surface area contributed by atoms with Crippen molar-refractivity contribution < 1.29 is 0 Å². The Labute approximate surface area is 261 Å². The molecule has 7 aromatic carbocycles. The largest absolute Gasteiger partial charge is 0.310 e. The van der Waals surface area contributed by atoms with E-state index in [1.54, 1.807) is 0 Å². The molecule has 0 aliphatic heterocycles. The summed E-state index contributed by atoms with van der Waals surface area (Å²) < 4.78 is 0. The number of anilines is 3. The van der Waals surface area contributed by atoms with Crippen molar-refractivity contribution in [3.8, 4) is 11.1 Å². The molecule has 44 heavy (non-hydrogen) atoms. The standard InChI is InChI=1S/C42H37NSi/c1-42(2)38-26-19-28-13-9-10-16-33(28)39(38)40-35-18-12-11-17-34(35)37-27-31(22-25-36(37)41(40)42)43(29-14-7-6-8-15-29)30-20-23-32(24-21-30)44(3,4)5/h6-27H,1-5H3. The Morgan fingerprint density at radius 1 is 0.477 bits per heavy atom. The fraction of sp³-hybridized carbons (Fsp3) is 0.143. The Bertz CT molecular complexity index is 2220. The molecule has 0 saturated heterocycles. The average molecular weight is 584 g/mol. The maximum Gasteiger partial charge on any atom is 0.0775 e. The van der Waals surface area contributed by atoms with Crippen molar-refractivity contribution in [3.63, 3.8) is 0 Å². The van der Waals surface area contributed by atoms with Gasteiger partial charge in [-0.3, -0.25) is 0 Å². The monoisotopic (exact) mass is 583 g/mol. The summed E-state index contributed by atoms with van der Waals surface area (Å²) in [6, 6.07) is 49.8. The molecule has 0 spiro atoms. The summed E-state index contributed by atoms with van der Waals surface area (Å²) in [5, 5.41) is 9.41. The first-order valence-electron chi connectivity index (χ1n) is 15.7. The van der Waals surface area contributed by atoms with Crippen LogP contribution in [0.2, 0.25) is 19.6 Å². The molecule has 0 amide bonds. The van der Waals surface area contributed by atoms with Gasteiger partial charge in [0, 0.05) is 22.5 Å². The van der Waals surface area contributed by atoms with E-state index < -0.39 is 8.07 Å². The van der Waals surface area contributed by atoms with E-state index in [0.717, 1.165) is 5.69 Å². The van der Waals surface area contributed by atoms with Gasteiger partial charge in [0.2, 0.25) is 0 Å². The van der Waals surface area contributed by atoms with E-state index in [4.69, 9.17) is 0 Å². The van der Waals surface area contributed by atoms with Crippen LogP contribution in [0.25, 0.3) is 43.4 Å². The number of benzene rings is 7. The zero-order chi connectivity index (χ0) is 30.2. The number of fused-ring (bicyclic) bond motifs is 10. The van der Waals surface area contributed by atoms with Gasteiger partial charge in [-0.2, -0.15) is 0 Å². The number of para-hydroxylation sites is 1. The van der Waals surface area contributed by atoms with E-state index in [1.165, 1.54) is 71.1 Å². The van der Waals surface area contributed by atoms with Crippen molar-refractivity contribution in [2.45, 2.75) is 38.9 Å². The van der Waals surface area contributed by atoms with Crippen LogP contribution in [0, 0.1) is 0 Å². The maximum absolute atomic E-state index is 2.43. The van der Waals surface area contributed by atoms with Crippen LogP contribution in [0.3, 0.4) is 0 Å². The van der Waals surface area contributed by atoms with Crippen LogP contribution in [0.5, 0.6) is 0 Å². The molecule has 0 heterocycles. The molecular formula is C42H37NSi. The van der Waals surface area contributed by atoms with E-state index in [0.29, 0.717) is 0 Å². The highest BCUT2D eigenvalue weighted by molar-refractivity contribution is 6.88. The Morgan fingerprint density at radius 3 is 1.82 bits per heavy atom. The molecule has 7 aromatic rings. The summed E-state index contributed by atoms with van der Waals surface area (Å²) in [5.41, 5.74) is 9.06. The van der Waals surface area contributed by atoms with Gasteiger partial charge in [-0.1, -0.05) is 136 Å². The summed E-state index contributed by atoms with van der Waals surface area (Å²) in [7, 11) is -1.40. The van der Waals surface area contributed by atoms with Crippen LogP contribution in [0.15, 0.2) is 133 Å². The summed E-state index contributed by atoms with van der Waals surface area (Å²) in [6.07, 6.45) is 0. The van der Waals surface area contributed by atoms with Crippen molar-refractivity contribution >= 4 is 62.6 Å². The Kier molecular flexibility index (Phi) is 5.92. The zero-order valence-electron chi connectivity index (χ0n) is 26.1. The average Bonchev–Trinajstić information content (AvgIpc) is 3.29. The molecule has 0 unspecified atom stereocenters. The Hall–Kier alpha value is -4.66. The van der Waals surface area contributed by atoms with Crippen LogP contribution >= 0.6 is 0 Å². The quantitative estimate of drug-likeness (QED) is 0.147. The normalized spacial score (nSPS) is 13.8. The molecule has 1 nitrogen and oxygen atoms in total. The lowest BCUT2D eigenvalue weighted by Crippen LogP contribution is -2.37. The van der Waals surface area contributed by atoms with Gasteiger partial charge in [-0.15, -0.1) is 0 Å². The number of hydrogen-bond donors (Lipinski definition) is 0. The second-order valence-corrected chi connectivity index (χ2v) is 18.9. The van der Waals surface area contributed by atoms with Gasteiger partial charge in [0.15, 0.2) is 0 Å². The van der Waals surface area contributed by atoms with Crippen molar-refractivity contribution in [1.29, 1.82) is 0 Å². The molecule has 214 valence electrons. The Balaban J connectivity index is 1.41. The highest BCUT2D eigenvalue weighted by Gasteiger charge is 2.39. The minimum atomic E-state index is -1.40. The van der Waals surface area contributed by atoms with E-state index >= 15 is 0 Å². The molecular weight excluding hydrogens is 547 g/mol. The lowest BCUT2D eigenvalue weighted by molar-refractivity contribution is 0.667. The fourth-order valence-electron chi connectivity index (χ4n) is 7.56. The topological polar surface area (TPSA) is 3.24 Å². The first kappa shape index (κ1) is 26.9. The third-order valence-corrected chi connectivity index (χ3v) is 11.8. The van der Waals surface area contributed by atoms with Crippen molar-refractivity contribution in [3.05, 3.63) is 145 Å². The lowest BCUT2D eigenvalue weighted by Gasteiger charge is -2.28. The van der Waals surface area contributed by atoms with Crippen LogP contribution in [0.4, 0.5) is 17.1 Å². The molecule has 1 aliphatic carbocycles. The first-order valence-corrected chi connectivity index (χ1v) is 19.2. The molecule has 2 heteroatoms. The highest BCUT2D eigenvalue weighted by Crippen LogP contribution is 2.56. The zero-order valence-corrected chi connectivity index (χ0v) is 27.1. The number of hydrogen-bond acceptors (Lipinski definition) is 1. The smallest absolute Gasteiger partial charge is 0.0775 e. The first-order chi connectivity index (χ1) is 21.2. The summed E-state index contributed by atoms with van der Waals surface area (Å²) >= 11 is 0. The maximum atomic E-state index is 2.43. The molecule has 0 saturated carbocycles. The van der Waals surface area contributed by atoms with Crippen LogP contribution in [-0.4, -0.2) is 8.07 Å². The number of nitrogens with zero attached hydrogens (tertiary/aromatic N) is 1. The predicted octanol–water partition coefficient (Wildman–Crippen LogP) is 11.5. The number of rotatable bonds is 4. The molecule has 0 fully saturated rings. The van der Waals surface area contributed by atoms with Gasteiger partial charge >= 0.3 is 0 Å². The summed E-state index contributed by atoms with van der Waals surface area (Å²) in [5.74, 6) is 0. The van der Waals surface area contributed by atoms with Gasteiger partial charge in [-0.25, -0.2) is 0 Å². The minimum Gasteiger partial charge on any atom is -0.310 e. The highest BCUT2D eigenvalue weighted by atomic mass is 28.3.